The highest BCUT2D eigenvalue weighted by Gasteiger charge is 2.25. The highest BCUT2D eigenvalue weighted by molar-refractivity contribution is 7.47. The van der Waals surface area contributed by atoms with Crippen LogP contribution in [0.1, 0.15) is 194 Å². The summed E-state index contributed by atoms with van der Waals surface area (Å²) in [5.74, 6) is -0.331. The van der Waals surface area contributed by atoms with Gasteiger partial charge in [0.15, 0.2) is 0 Å². The molecule has 48 heavy (non-hydrogen) atoms. The third kappa shape index (κ3) is 36.5. The summed E-state index contributed by atoms with van der Waals surface area (Å²) in [6.45, 7) is 4.93. The van der Waals surface area contributed by atoms with E-state index in [1.807, 2.05) is 0 Å². The number of ether oxygens (including phenoxy) is 2. The number of nitrogens with two attached hydrogens (primary N) is 1. The van der Waals surface area contributed by atoms with Gasteiger partial charge in [-0.2, -0.15) is 0 Å². The molecule has 0 aromatic heterocycles. The van der Waals surface area contributed by atoms with Crippen LogP contribution in [-0.2, 0) is 27.9 Å². The molecule has 0 fully saturated rings. The number of phosphoric ester groups is 1. The van der Waals surface area contributed by atoms with Crippen LogP contribution in [0.2, 0.25) is 0 Å². The summed E-state index contributed by atoms with van der Waals surface area (Å²) in [5, 5.41) is 0. The summed E-state index contributed by atoms with van der Waals surface area (Å²) >= 11 is 0. The van der Waals surface area contributed by atoms with Crippen LogP contribution in [0.3, 0.4) is 0 Å². The van der Waals surface area contributed by atoms with E-state index in [-0.39, 0.29) is 32.3 Å². The van der Waals surface area contributed by atoms with E-state index in [2.05, 4.69) is 26.0 Å². The molecule has 0 bridgehead atoms. The minimum Gasteiger partial charge on any atom is -0.457 e. The summed E-state index contributed by atoms with van der Waals surface area (Å²) in [6, 6.07) is 0. The molecule has 0 aromatic rings. The maximum Gasteiger partial charge on any atom is 0.472 e. The maximum atomic E-state index is 12.5. The molecule has 0 spiro atoms. The fourth-order valence-electron chi connectivity index (χ4n) is 5.70. The van der Waals surface area contributed by atoms with E-state index in [0.29, 0.717) is 13.0 Å². The van der Waals surface area contributed by atoms with Crippen molar-refractivity contribution in [3.63, 3.8) is 0 Å². The van der Waals surface area contributed by atoms with Crippen LogP contribution in [0.5, 0.6) is 0 Å². The number of carbonyl (C=O) groups excluding carboxylic acids is 1. The monoisotopic (exact) mass is 704 g/mol. The molecule has 2 atom stereocenters. The maximum absolute atomic E-state index is 12.5. The summed E-state index contributed by atoms with van der Waals surface area (Å²) in [5.41, 5.74) is 5.35. The normalized spacial score (nSPS) is 13.7. The number of carbonyl (C=O) groups is 1. The van der Waals surface area contributed by atoms with Crippen molar-refractivity contribution in [3.8, 4) is 0 Å². The van der Waals surface area contributed by atoms with Crippen LogP contribution >= 0.6 is 7.82 Å². The standard InChI is InChI=1S/C39H78NO7P/c1-3-5-7-9-11-13-15-16-17-18-19-20-21-22-23-24-26-28-30-32-39(41)47-38(37-46-48(42,43)45-35-33-40)36-44-34-31-29-27-25-14-12-10-8-6-4-2/h16-17,38H,3-15,18-37,40H2,1-2H3,(H,42,43)/b17-16-. The van der Waals surface area contributed by atoms with E-state index in [1.165, 1.54) is 141 Å². The van der Waals surface area contributed by atoms with Crippen molar-refractivity contribution < 1.29 is 32.8 Å². The van der Waals surface area contributed by atoms with Crippen molar-refractivity contribution in [3.05, 3.63) is 12.2 Å². The lowest BCUT2D eigenvalue weighted by molar-refractivity contribution is -0.154. The summed E-state index contributed by atoms with van der Waals surface area (Å²) < 4.78 is 33.3. The molecule has 0 aliphatic rings. The minimum absolute atomic E-state index is 0.0928. The molecule has 0 saturated carbocycles. The Morgan fingerprint density at radius 2 is 1.04 bits per heavy atom. The van der Waals surface area contributed by atoms with Crippen molar-refractivity contribution in [1.82, 2.24) is 0 Å². The van der Waals surface area contributed by atoms with Crippen molar-refractivity contribution in [2.75, 3.05) is 33.0 Å². The zero-order valence-corrected chi connectivity index (χ0v) is 32.4. The Kier molecular flexibility index (Phi) is 36.9. The van der Waals surface area contributed by atoms with E-state index < -0.39 is 13.9 Å². The van der Waals surface area contributed by atoms with Crippen LogP contribution in [0, 0.1) is 0 Å². The van der Waals surface area contributed by atoms with Crippen LogP contribution in [0.25, 0.3) is 0 Å². The van der Waals surface area contributed by atoms with E-state index in [9.17, 15) is 14.3 Å². The lowest BCUT2D eigenvalue weighted by Crippen LogP contribution is -2.28. The van der Waals surface area contributed by atoms with Crippen molar-refractivity contribution in [2.45, 2.75) is 200 Å². The molecule has 286 valence electrons. The minimum atomic E-state index is -4.26. The van der Waals surface area contributed by atoms with Crippen molar-refractivity contribution in [2.24, 2.45) is 5.73 Å². The largest absolute Gasteiger partial charge is 0.472 e. The first-order chi connectivity index (χ1) is 23.4. The third-order valence-electron chi connectivity index (χ3n) is 8.68. The van der Waals surface area contributed by atoms with Crippen molar-refractivity contribution in [1.29, 1.82) is 0 Å². The highest BCUT2D eigenvalue weighted by atomic mass is 31.2. The van der Waals surface area contributed by atoms with Crippen LogP contribution in [-0.4, -0.2) is 49.9 Å². The molecule has 0 aromatic carbocycles. The quantitative estimate of drug-likeness (QED) is 0.0281. The third-order valence-corrected chi connectivity index (χ3v) is 9.67. The summed E-state index contributed by atoms with van der Waals surface area (Å²) in [7, 11) is -4.26. The second-order valence-electron chi connectivity index (χ2n) is 13.5. The van der Waals surface area contributed by atoms with Crippen LogP contribution < -0.4 is 5.73 Å². The Morgan fingerprint density at radius 1 is 0.604 bits per heavy atom. The Labute approximate surface area is 296 Å². The molecule has 0 heterocycles. The predicted molar refractivity (Wildman–Crippen MR) is 201 cm³/mol. The average Bonchev–Trinajstić information content (AvgIpc) is 3.07. The number of esters is 1. The predicted octanol–water partition coefficient (Wildman–Crippen LogP) is 11.5. The SMILES string of the molecule is CCCCCCCC/C=C\CCCCCCCCCCCC(=O)OC(COCCCCCCCCCCCC)COP(=O)(O)OCCN. The van der Waals surface area contributed by atoms with Gasteiger partial charge in [0, 0.05) is 19.6 Å². The Hall–Kier alpha value is -0.760. The fourth-order valence-corrected chi connectivity index (χ4v) is 6.46. The van der Waals surface area contributed by atoms with E-state index in [0.717, 1.165) is 32.1 Å². The molecule has 2 unspecified atom stereocenters. The van der Waals surface area contributed by atoms with Gasteiger partial charge in [-0.15, -0.1) is 0 Å². The van der Waals surface area contributed by atoms with E-state index in [1.54, 1.807) is 0 Å². The van der Waals surface area contributed by atoms with Gasteiger partial charge < -0.3 is 20.1 Å². The van der Waals surface area contributed by atoms with Gasteiger partial charge in [-0.3, -0.25) is 13.8 Å². The van der Waals surface area contributed by atoms with Gasteiger partial charge in [-0.05, 0) is 38.5 Å². The number of allylic oxidation sites excluding steroid dienone is 2. The highest BCUT2D eigenvalue weighted by Crippen LogP contribution is 2.43. The van der Waals surface area contributed by atoms with Gasteiger partial charge in [0.25, 0.3) is 0 Å². The lowest BCUT2D eigenvalue weighted by Gasteiger charge is -2.20. The molecule has 3 N–H and O–H groups in total. The van der Waals surface area contributed by atoms with Gasteiger partial charge in [0.2, 0.25) is 0 Å². The van der Waals surface area contributed by atoms with E-state index in [4.69, 9.17) is 24.3 Å². The first kappa shape index (κ1) is 47.2. The zero-order valence-electron chi connectivity index (χ0n) is 31.5. The van der Waals surface area contributed by atoms with Gasteiger partial charge in [-0.25, -0.2) is 4.57 Å². The number of rotatable bonds is 39. The first-order valence-corrected chi connectivity index (χ1v) is 21.7. The van der Waals surface area contributed by atoms with Crippen LogP contribution in [0.4, 0.5) is 0 Å². The summed E-state index contributed by atoms with van der Waals surface area (Å²) in [6.07, 6.45) is 37.9. The molecular formula is C39H78NO7P. The molecular weight excluding hydrogens is 625 g/mol. The van der Waals surface area contributed by atoms with Gasteiger partial charge in [0.1, 0.15) is 6.10 Å². The summed E-state index contributed by atoms with van der Waals surface area (Å²) in [4.78, 5) is 22.4. The first-order valence-electron chi connectivity index (χ1n) is 20.2. The fraction of sp³-hybridized carbons (Fsp3) is 0.923. The van der Waals surface area contributed by atoms with Gasteiger partial charge in [-0.1, -0.05) is 161 Å². The van der Waals surface area contributed by atoms with Crippen molar-refractivity contribution >= 4 is 13.8 Å². The zero-order chi connectivity index (χ0) is 35.2. The topological polar surface area (TPSA) is 117 Å². The number of unbranched alkanes of at least 4 members (excludes halogenated alkanes) is 24. The van der Waals surface area contributed by atoms with Gasteiger partial charge >= 0.3 is 13.8 Å². The van der Waals surface area contributed by atoms with E-state index >= 15 is 0 Å². The Morgan fingerprint density at radius 3 is 1.52 bits per heavy atom. The number of phosphoric acid groups is 1. The molecule has 0 radical (unpaired) electrons. The Balaban J connectivity index is 3.99. The Bertz CT molecular complexity index is 752. The molecule has 0 rings (SSSR count). The molecule has 0 aliphatic carbocycles. The smallest absolute Gasteiger partial charge is 0.457 e. The molecule has 0 saturated heterocycles. The molecule has 0 aliphatic heterocycles. The molecule has 8 nitrogen and oxygen atoms in total. The van der Waals surface area contributed by atoms with Crippen LogP contribution in [0.15, 0.2) is 12.2 Å². The number of hydrogen-bond acceptors (Lipinski definition) is 7. The second kappa shape index (κ2) is 37.5. The molecule has 9 heteroatoms. The second-order valence-corrected chi connectivity index (χ2v) is 15.0. The molecule has 0 amide bonds. The van der Waals surface area contributed by atoms with Gasteiger partial charge in [0.05, 0.1) is 19.8 Å². The lowest BCUT2D eigenvalue weighted by atomic mass is 10.1. The average molecular weight is 704 g/mol. The number of hydrogen-bond donors (Lipinski definition) is 2.